The third kappa shape index (κ3) is 3.68. The highest BCUT2D eigenvalue weighted by atomic mass is 35.5. The number of aryl methyl sites for hydroxylation is 2. The fourth-order valence-corrected chi connectivity index (χ4v) is 1.85. The van der Waals surface area contributed by atoms with Crippen molar-refractivity contribution < 1.29 is 9.90 Å². The Morgan fingerprint density at radius 2 is 2.24 bits per heavy atom. The summed E-state index contributed by atoms with van der Waals surface area (Å²) in [5, 5.41) is 11.8. The second-order valence-corrected chi connectivity index (χ2v) is 4.60. The van der Waals surface area contributed by atoms with E-state index in [1.54, 1.807) is 0 Å². The molecule has 0 fully saturated rings. The molecule has 1 aromatic heterocycles. The molecule has 0 aromatic carbocycles. The van der Waals surface area contributed by atoms with E-state index in [4.69, 9.17) is 16.7 Å². The van der Waals surface area contributed by atoms with Crippen LogP contribution in [0, 0.1) is 19.8 Å². The Kier molecular flexibility index (Phi) is 4.90. The molecule has 1 aromatic rings. The third-order valence-corrected chi connectivity index (χ3v) is 2.72. The second kappa shape index (κ2) is 5.98. The van der Waals surface area contributed by atoms with Gasteiger partial charge in [-0.15, -0.1) is 0 Å². The first-order valence-corrected chi connectivity index (χ1v) is 5.86. The van der Waals surface area contributed by atoms with Crippen molar-refractivity contribution in [1.82, 2.24) is 10.3 Å². The molecule has 0 bridgehead atoms. The molecule has 5 heteroatoms. The van der Waals surface area contributed by atoms with Crippen molar-refractivity contribution in [3.05, 3.63) is 28.0 Å². The number of pyridine rings is 1. The topological polar surface area (TPSA) is 62.2 Å². The minimum Gasteiger partial charge on any atom is -0.396 e. The summed E-state index contributed by atoms with van der Waals surface area (Å²) in [6.45, 7) is 5.96. The zero-order chi connectivity index (χ0) is 13.0. The number of aliphatic hydroxyl groups is 1. The lowest BCUT2D eigenvalue weighted by molar-refractivity contribution is 0.0941. The Morgan fingerprint density at radius 3 is 2.76 bits per heavy atom. The van der Waals surface area contributed by atoms with E-state index < -0.39 is 0 Å². The number of aliphatic hydroxyl groups excluding tert-OH is 1. The molecule has 0 spiro atoms. The van der Waals surface area contributed by atoms with Crippen LogP contribution in [0.25, 0.3) is 0 Å². The first-order chi connectivity index (χ1) is 7.95. The van der Waals surface area contributed by atoms with E-state index in [0.29, 0.717) is 12.1 Å². The Morgan fingerprint density at radius 1 is 1.59 bits per heavy atom. The van der Waals surface area contributed by atoms with Crippen LogP contribution in [0.5, 0.6) is 0 Å². The van der Waals surface area contributed by atoms with Gasteiger partial charge in [-0.2, -0.15) is 0 Å². The van der Waals surface area contributed by atoms with Crippen LogP contribution in [0.1, 0.15) is 28.5 Å². The molecule has 0 aliphatic rings. The van der Waals surface area contributed by atoms with Crippen LogP contribution in [-0.4, -0.2) is 29.1 Å². The van der Waals surface area contributed by atoms with Crippen LogP contribution in [0.3, 0.4) is 0 Å². The van der Waals surface area contributed by atoms with Crippen LogP contribution in [-0.2, 0) is 0 Å². The number of carbonyl (C=O) groups excluding carboxylic acids is 1. The molecular formula is C12H17ClN2O2. The molecule has 0 aliphatic carbocycles. The Balaban J connectivity index is 2.82. The van der Waals surface area contributed by atoms with Crippen LogP contribution in [0.4, 0.5) is 0 Å². The van der Waals surface area contributed by atoms with E-state index in [1.165, 1.54) is 0 Å². The molecule has 17 heavy (non-hydrogen) atoms. The first kappa shape index (κ1) is 13.9. The fourth-order valence-electron chi connectivity index (χ4n) is 1.48. The van der Waals surface area contributed by atoms with Crippen molar-refractivity contribution in [2.24, 2.45) is 5.92 Å². The van der Waals surface area contributed by atoms with E-state index in [9.17, 15) is 4.79 Å². The number of aromatic nitrogens is 1. The molecule has 1 rings (SSSR count). The summed E-state index contributed by atoms with van der Waals surface area (Å²) in [6.07, 6.45) is 0. The maximum absolute atomic E-state index is 11.9. The largest absolute Gasteiger partial charge is 0.396 e. The average Bonchev–Trinajstić information content (AvgIpc) is 2.24. The molecule has 4 nitrogen and oxygen atoms in total. The van der Waals surface area contributed by atoms with E-state index in [-0.39, 0.29) is 23.6 Å². The monoisotopic (exact) mass is 256 g/mol. The first-order valence-electron chi connectivity index (χ1n) is 5.48. The van der Waals surface area contributed by atoms with Gasteiger partial charge in [0.1, 0.15) is 5.15 Å². The Hall–Kier alpha value is -1.13. The standard InChI is InChI=1S/C12H17ClN2O2/c1-7(6-16)5-14-12(17)10-8(2)4-9(3)15-11(10)13/h4,7,16H,5-6H2,1-3H3,(H,14,17). The van der Waals surface area contributed by atoms with E-state index in [0.717, 1.165) is 11.3 Å². The van der Waals surface area contributed by atoms with Crippen molar-refractivity contribution in [2.45, 2.75) is 20.8 Å². The Bertz CT molecular complexity index is 398. The number of rotatable bonds is 4. The molecule has 0 saturated heterocycles. The summed E-state index contributed by atoms with van der Waals surface area (Å²) in [5.74, 6) is -0.225. The highest BCUT2D eigenvalue weighted by Crippen LogP contribution is 2.18. The van der Waals surface area contributed by atoms with Gasteiger partial charge in [-0.1, -0.05) is 18.5 Å². The van der Waals surface area contributed by atoms with Crippen LogP contribution in [0.15, 0.2) is 6.07 Å². The SMILES string of the molecule is Cc1cc(C)c(C(=O)NCC(C)CO)c(Cl)n1. The van der Waals surface area contributed by atoms with Crippen molar-refractivity contribution in [1.29, 1.82) is 0 Å². The van der Waals surface area contributed by atoms with E-state index in [2.05, 4.69) is 10.3 Å². The number of carbonyl (C=O) groups is 1. The lowest BCUT2D eigenvalue weighted by Gasteiger charge is -2.12. The highest BCUT2D eigenvalue weighted by molar-refractivity contribution is 6.32. The third-order valence-electron chi connectivity index (χ3n) is 2.45. The number of amides is 1. The molecule has 0 aliphatic heterocycles. The lowest BCUT2D eigenvalue weighted by Crippen LogP contribution is -2.30. The van der Waals surface area contributed by atoms with Gasteiger partial charge >= 0.3 is 0 Å². The number of hydrogen-bond acceptors (Lipinski definition) is 3. The van der Waals surface area contributed by atoms with Gasteiger partial charge in [0.2, 0.25) is 0 Å². The minimum absolute atomic E-state index is 0.0245. The molecule has 0 saturated carbocycles. The maximum Gasteiger partial charge on any atom is 0.254 e. The number of nitrogens with zero attached hydrogens (tertiary/aromatic N) is 1. The molecule has 1 amide bonds. The van der Waals surface area contributed by atoms with Gasteiger partial charge in [0.05, 0.1) is 5.56 Å². The number of halogens is 1. The zero-order valence-corrected chi connectivity index (χ0v) is 11.0. The predicted molar refractivity (Wildman–Crippen MR) is 67.3 cm³/mol. The van der Waals surface area contributed by atoms with Gasteiger partial charge < -0.3 is 10.4 Å². The molecule has 1 atom stereocenters. The summed E-state index contributed by atoms with van der Waals surface area (Å²) >= 11 is 5.96. The van der Waals surface area contributed by atoms with Crippen molar-refractivity contribution >= 4 is 17.5 Å². The molecular weight excluding hydrogens is 240 g/mol. The van der Waals surface area contributed by atoms with Crippen LogP contribution >= 0.6 is 11.6 Å². The summed E-state index contributed by atoms with van der Waals surface area (Å²) in [6, 6.07) is 1.82. The minimum atomic E-state index is -0.250. The number of nitrogens with one attached hydrogen (secondary N) is 1. The number of hydrogen-bond donors (Lipinski definition) is 2. The van der Waals surface area contributed by atoms with Crippen molar-refractivity contribution in [2.75, 3.05) is 13.2 Å². The Labute approximate surface area is 106 Å². The predicted octanol–water partition coefficient (Wildman–Crippen LogP) is 1.71. The van der Waals surface area contributed by atoms with E-state index >= 15 is 0 Å². The van der Waals surface area contributed by atoms with Crippen molar-refractivity contribution in [3.8, 4) is 0 Å². The molecule has 2 N–H and O–H groups in total. The average molecular weight is 257 g/mol. The van der Waals surface area contributed by atoms with Crippen molar-refractivity contribution in [3.63, 3.8) is 0 Å². The lowest BCUT2D eigenvalue weighted by atomic mass is 10.1. The smallest absolute Gasteiger partial charge is 0.254 e. The van der Waals surface area contributed by atoms with Gasteiger partial charge in [-0.3, -0.25) is 4.79 Å². The van der Waals surface area contributed by atoms with Crippen LogP contribution < -0.4 is 5.32 Å². The highest BCUT2D eigenvalue weighted by Gasteiger charge is 2.15. The second-order valence-electron chi connectivity index (χ2n) is 4.24. The van der Waals surface area contributed by atoms with Gasteiger partial charge in [0.15, 0.2) is 0 Å². The molecule has 94 valence electrons. The van der Waals surface area contributed by atoms with Gasteiger partial charge in [0.25, 0.3) is 5.91 Å². The normalized spacial score (nSPS) is 12.3. The van der Waals surface area contributed by atoms with Gasteiger partial charge in [-0.05, 0) is 31.4 Å². The van der Waals surface area contributed by atoms with Gasteiger partial charge in [-0.25, -0.2) is 4.98 Å². The maximum atomic E-state index is 11.9. The fraction of sp³-hybridized carbons (Fsp3) is 0.500. The molecule has 1 heterocycles. The summed E-state index contributed by atoms with van der Waals surface area (Å²) in [7, 11) is 0. The summed E-state index contributed by atoms with van der Waals surface area (Å²) in [4.78, 5) is 16.0. The van der Waals surface area contributed by atoms with Gasteiger partial charge in [0, 0.05) is 18.8 Å². The molecule has 1 unspecified atom stereocenters. The molecule has 0 radical (unpaired) electrons. The summed E-state index contributed by atoms with van der Waals surface area (Å²) < 4.78 is 0. The van der Waals surface area contributed by atoms with E-state index in [1.807, 2.05) is 26.8 Å². The summed E-state index contributed by atoms with van der Waals surface area (Å²) in [5.41, 5.74) is 1.99. The quantitative estimate of drug-likeness (QED) is 0.807. The van der Waals surface area contributed by atoms with Crippen LogP contribution in [0.2, 0.25) is 5.15 Å². The zero-order valence-electron chi connectivity index (χ0n) is 10.2.